The van der Waals surface area contributed by atoms with Crippen LogP contribution >= 0.6 is 0 Å². The Balaban J connectivity index is 1.22. The fourth-order valence-corrected chi connectivity index (χ4v) is 5.96. The number of carbonyl (C=O) groups excluding carboxylic acids is 3. The first-order valence-electron chi connectivity index (χ1n) is 17.6. The monoisotopic (exact) mass is 694 g/mol. The Kier molecular flexibility index (Phi) is 12.7. The van der Waals surface area contributed by atoms with Gasteiger partial charge >= 0.3 is 12.1 Å². The van der Waals surface area contributed by atoms with Gasteiger partial charge in [0.25, 0.3) is 5.91 Å². The number of nitrogens with zero attached hydrogens (tertiary/aromatic N) is 4. The zero-order valence-corrected chi connectivity index (χ0v) is 30.2. The van der Waals surface area contributed by atoms with Crippen molar-refractivity contribution in [3.8, 4) is 17.2 Å². The molecule has 0 saturated carbocycles. The number of nitrogens with one attached hydrogen (secondary N) is 4. The van der Waals surface area contributed by atoms with Gasteiger partial charge in [-0.15, -0.1) is 0 Å². The maximum Gasteiger partial charge on any atom is 0.336 e. The lowest BCUT2D eigenvalue weighted by molar-refractivity contribution is 0.102. The van der Waals surface area contributed by atoms with Gasteiger partial charge in [-0.25, -0.2) is 14.6 Å². The summed E-state index contributed by atoms with van der Waals surface area (Å²) in [7, 11) is 5.05. The molecular weight excluding hydrogens is 644 g/mol. The number of ether oxygens (including phenoxy) is 1. The third-order valence-corrected chi connectivity index (χ3v) is 8.90. The maximum absolute atomic E-state index is 13.1. The minimum Gasteiger partial charge on any atom is -0.455 e. The van der Waals surface area contributed by atoms with Crippen LogP contribution in [0.25, 0.3) is 5.69 Å². The molecule has 0 bridgehead atoms. The second-order valence-electron chi connectivity index (χ2n) is 13.1. The summed E-state index contributed by atoms with van der Waals surface area (Å²) in [5.41, 5.74) is 7.10. The van der Waals surface area contributed by atoms with Gasteiger partial charge in [-0.3, -0.25) is 20.0 Å². The third-order valence-electron chi connectivity index (χ3n) is 8.90. The van der Waals surface area contributed by atoms with Gasteiger partial charge < -0.3 is 25.3 Å². The van der Waals surface area contributed by atoms with Crippen LogP contribution in [0, 0.1) is 0 Å². The van der Waals surface area contributed by atoms with Crippen LogP contribution in [0.15, 0.2) is 85.2 Å². The van der Waals surface area contributed by atoms with Crippen LogP contribution in [0.3, 0.4) is 0 Å². The van der Waals surface area contributed by atoms with Crippen molar-refractivity contribution >= 4 is 35.0 Å². The number of anilines is 3. The van der Waals surface area contributed by atoms with E-state index >= 15 is 0 Å². The summed E-state index contributed by atoms with van der Waals surface area (Å²) >= 11 is 0. The average molecular weight is 695 g/mol. The van der Waals surface area contributed by atoms with Crippen LogP contribution < -0.4 is 31.0 Å². The van der Waals surface area contributed by atoms with E-state index in [0.29, 0.717) is 34.1 Å². The molecule has 12 heteroatoms. The molecule has 1 aromatic heterocycles. The van der Waals surface area contributed by atoms with Crippen molar-refractivity contribution in [2.75, 3.05) is 49.8 Å². The van der Waals surface area contributed by atoms with Crippen molar-refractivity contribution in [2.45, 2.75) is 58.5 Å². The Morgan fingerprint density at radius 3 is 2.18 bits per heavy atom. The number of piperidine rings is 1. The van der Waals surface area contributed by atoms with Crippen LogP contribution in [0.1, 0.15) is 61.9 Å². The predicted molar refractivity (Wildman–Crippen MR) is 203 cm³/mol. The molecule has 51 heavy (non-hydrogen) atoms. The van der Waals surface area contributed by atoms with Crippen molar-refractivity contribution < 1.29 is 19.1 Å². The number of hydrogen-bond donors (Lipinski definition) is 4. The zero-order chi connectivity index (χ0) is 36.3. The Labute approximate surface area is 300 Å². The van der Waals surface area contributed by atoms with Crippen LogP contribution in [-0.4, -0.2) is 72.7 Å². The summed E-state index contributed by atoms with van der Waals surface area (Å²) < 4.78 is 8.30. The fourth-order valence-electron chi connectivity index (χ4n) is 5.96. The summed E-state index contributed by atoms with van der Waals surface area (Å²) in [6.45, 7) is 7.32. The van der Waals surface area contributed by atoms with Crippen LogP contribution in [0.2, 0.25) is 0 Å². The lowest BCUT2D eigenvalue weighted by Crippen LogP contribution is -2.44. The molecule has 0 radical (unpaired) electrons. The van der Waals surface area contributed by atoms with Crippen LogP contribution in [0.4, 0.5) is 26.7 Å². The largest absolute Gasteiger partial charge is 0.455 e. The van der Waals surface area contributed by atoms with E-state index < -0.39 is 0 Å². The van der Waals surface area contributed by atoms with Gasteiger partial charge in [0, 0.05) is 68.7 Å². The smallest absolute Gasteiger partial charge is 0.336 e. The van der Waals surface area contributed by atoms with Gasteiger partial charge in [0.1, 0.15) is 5.75 Å². The minimum atomic E-state index is -0.388. The standard InChI is InChI=1S/C39H50N8O4/c1-6-30(7-2)41-38(49)42-32-15-20-36(35(25-32)45(5)39(50)43-44(3)4)51-34-18-13-31(14-19-34)40-37(48)29-11-16-33(17-12-29)47-24-21-28(27-47)26-46-22-9-8-10-23-46/h11-21,24-25,27,30H,6-10,22-23,26H2,1-5H3,(H,40,48)(H,43,50)(H2,41,42,49). The number of amides is 5. The predicted octanol–water partition coefficient (Wildman–Crippen LogP) is 7.44. The van der Waals surface area contributed by atoms with Gasteiger partial charge in [0.05, 0.1) is 5.69 Å². The molecule has 2 heterocycles. The molecule has 12 nitrogen and oxygen atoms in total. The van der Waals surface area contributed by atoms with Crippen LogP contribution in [-0.2, 0) is 6.54 Å². The summed E-state index contributed by atoms with van der Waals surface area (Å²) in [4.78, 5) is 42.5. The molecule has 270 valence electrons. The first-order chi connectivity index (χ1) is 24.6. The zero-order valence-electron chi connectivity index (χ0n) is 30.2. The minimum absolute atomic E-state index is 0.0619. The first kappa shape index (κ1) is 36.9. The van der Waals surface area contributed by atoms with Crippen molar-refractivity contribution in [1.82, 2.24) is 25.2 Å². The molecule has 1 saturated heterocycles. The fraction of sp³-hybridized carbons (Fsp3) is 0.359. The summed E-state index contributed by atoms with van der Waals surface area (Å²) in [5.74, 6) is 0.676. The highest BCUT2D eigenvalue weighted by atomic mass is 16.5. The van der Waals surface area contributed by atoms with Crippen molar-refractivity contribution in [3.63, 3.8) is 0 Å². The van der Waals surface area contributed by atoms with Crippen molar-refractivity contribution in [3.05, 3.63) is 96.3 Å². The number of hydrazine groups is 1. The molecule has 4 N–H and O–H groups in total. The van der Waals surface area contributed by atoms with E-state index in [1.807, 2.05) is 38.1 Å². The molecule has 0 spiro atoms. The molecule has 1 aliphatic heterocycles. The molecule has 0 unspecified atom stereocenters. The molecule has 1 fully saturated rings. The van der Waals surface area contributed by atoms with Gasteiger partial charge in [0.15, 0.2) is 5.75 Å². The Hall–Kier alpha value is -5.33. The summed E-state index contributed by atoms with van der Waals surface area (Å²) in [5, 5.41) is 10.3. The number of urea groups is 2. The molecule has 1 aliphatic rings. The maximum atomic E-state index is 13.1. The molecule has 5 amide bonds. The van der Waals surface area contributed by atoms with Gasteiger partial charge in [-0.2, -0.15) is 0 Å². The van der Waals surface area contributed by atoms with E-state index in [0.717, 1.165) is 38.2 Å². The molecule has 3 aromatic carbocycles. The van der Waals surface area contributed by atoms with Crippen molar-refractivity contribution in [2.24, 2.45) is 0 Å². The highest BCUT2D eigenvalue weighted by Gasteiger charge is 2.19. The molecule has 0 aliphatic carbocycles. The summed E-state index contributed by atoms with van der Waals surface area (Å²) in [6, 6.07) is 21.1. The Morgan fingerprint density at radius 2 is 1.51 bits per heavy atom. The van der Waals surface area contributed by atoms with Gasteiger partial charge in [-0.05, 0) is 117 Å². The van der Waals surface area contributed by atoms with E-state index in [1.165, 1.54) is 29.7 Å². The second kappa shape index (κ2) is 17.6. The number of carbonyl (C=O) groups is 3. The molecular formula is C39H50N8O4. The Morgan fingerprint density at radius 1 is 0.824 bits per heavy atom. The first-order valence-corrected chi connectivity index (χ1v) is 17.6. The van der Waals surface area contributed by atoms with Gasteiger partial charge in [-0.1, -0.05) is 20.3 Å². The topological polar surface area (TPSA) is 123 Å². The number of likely N-dealkylation sites (tertiary alicyclic amines) is 1. The van der Waals surface area contributed by atoms with Crippen molar-refractivity contribution in [1.29, 1.82) is 0 Å². The van der Waals surface area contributed by atoms with E-state index in [4.69, 9.17) is 4.74 Å². The SMILES string of the molecule is CCC(CC)NC(=O)Nc1ccc(Oc2ccc(NC(=O)c3ccc(-n4ccc(CN5CCCCC5)c4)cc3)cc2)c(N(C)C(=O)NN(C)C)c1. The lowest BCUT2D eigenvalue weighted by Gasteiger charge is -2.25. The van der Waals surface area contributed by atoms with E-state index in [-0.39, 0.29) is 24.0 Å². The molecule has 5 rings (SSSR count). The summed E-state index contributed by atoms with van der Waals surface area (Å²) in [6.07, 6.45) is 9.73. The number of hydrogen-bond acceptors (Lipinski definition) is 6. The number of aromatic nitrogens is 1. The molecule has 0 atom stereocenters. The van der Waals surface area contributed by atoms with Gasteiger partial charge in [0.2, 0.25) is 0 Å². The lowest BCUT2D eigenvalue weighted by atomic mass is 10.1. The van der Waals surface area contributed by atoms with Crippen LogP contribution in [0.5, 0.6) is 11.5 Å². The third kappa shape index (κ3) is 10.3. The van der Waals surface area contributed by atoms with E-state index in [1.54, 1.807) is 68.6 Å². The van der Waals surface area contributed by atoms with E-state index in [2.05, 4.69) is 49.3 Å². The average Bonchev–Trinajstić information content (AvgIpc) is 3.60. The second-order valence-corrected chi connectivity index (χ2v) is 13.1. The van der Waals surface area contributed by atoms with E-state index in [9.17, 15) is 14.4 Å². The quantitative estimate of drug-likeness (QED) is 0.108. The molecule has 4 aromatic rings. The Bertz CT molecular complexity index is 1760. The number of benzene rings is 3. The normalized spacial score (nSPS) is 13.2. The number of rotatable bonds is 13. The highest BCUT2D eigenvalue weighted by molar-refractivity contribution is 6.04. The highest BCUT2D eigenvalue weighted by Crippen LogP contribution is 2.35.